The van der Waals surface area contributed by atoms with Gasteiger partial charge in [0.2, 0.25) is 0 Å². The number of hydrogen-bond donors (Lipinski definition) is 0. The van der Waals surface area contributed by atoms with E-state index in [1.807, 2.05) is 42.5 Å². The van der Waals surface area contributed by atoms with Crippen LogP contribution in [0.15, 0.2) is 42.5 Å². The molecule has 0 unspecified atom stereocenters. The molecule has 0 fully saturated rings. The number of aryl methyl sites for hydroxylation is 1. The van der Waals surface area contributed by atoms with E-state index in [9.17, 15) is 4.79 Å². The van der Waals surface area contributed by atoms with E-state index in [1.165, 1.54) is 5.56 Å². The molecule has 0 aliphatic carbocycles. The number of Topliss-reactive ketones (excluding diaryl/α,β-unsaturated/α-hetero) is 1. The Morgan fingerprint density at radius 3 is 2.81 bits per heavy atom. The third-order valence-electron chi connectivity index (χ3n) is 3.77. The van der Waals surface area contributed by atoms with Gasteiger partial charge in [-0.3, -0.25) is 4.79 Å². The summed E-state index contributed by atoms with van der Waals surface area (Å²) in [7, 11) is 0. The van der Waals surface area contributed by atoms with Crippen molar-refractivity contribution in [1.82, 2.24) is 0 Å². The maximum atomic E-state index is 12.1. The molecule has 0 N–H and O–H groups in total. The number of carbonyl (C=O) groups excluding carboxylic acids is 1. The van der Waals surface area contributed by atoms with Gasteiger partial charge in [0.1, 0.15) is 5.75 Å². The number of ketones is 1. The highest BCUT2D eigenvalue weighted by Crippen LogP contribution is 2.33. The fraction of sp³-hybridized carbons (Fsp3) is 0.278. The molecule has 3 heteroatoms. The summed E-state index contributed by atoms with van der Waals surface area (Å²) in [4.78, 5) is 12.1. The number of carbonyl (C=O) groups is 1. The molecular formula is C18H17ClO2. The zero-order valence-corrected chi connectivity index (χ0v) is 12.5. The predicted octanol–water partition coefficient (Wildman–Crippen LogP) is 4.48. The van der Waals surface area contributed by atoms with Crippen LogP contribution in [0, 0.1) is 0 Å². The number of halogens is 1. The Hall–Kier alpha value is -1.80. The maximum Gasteiger partial charge on any atom is 0.162 e. The van der Waals surface area contributed by atoms with Crippen molar-refractivity contribution in [2.45, 2.75) is 25.7 Å². The Balaban J connectivity index is 1.63. The van der Waals surface area contributed by atoms with Crippen molar-refractivity contribution < 1.29 is 9.53 Å². The van der Waals surface area contributed by atoms with E-state index in [0.717, 1.165) is 47.8 Å². The summed E-state index contributed by atoms with van der Waals surface area (Å²) in [5.41, 5.74) is 3.09. The fourth-order valence-electron chi connectivity index (χ4n) is 2.74. The third-order valence-corrected chi connectivity index (χ3v) is 3.99. The molecule has 21 heavy (non-hydrogen) atoms. The number of ether oxygens (including phenoxy) is 1. The van der Waals surface area contributed by atoms with Gasteiger partial charge >= 0.3 is 0 Å². The summed E-state index contributed by atoms with van der Waals surface area (Å²) < 4.78 is 5.68. The van der Waals surface area contributed by atoms with Gasteiger partial charge in [-0.15, -0.1) is 0 Å². The summed E-state index contributed by atoms with van der Waals surface area (Å²) in [5, 5.41) is 0.753. The van der Waals surface area contributed by atoms with Crippen LogP contribution in [0.4, 0.5) is 0 Å². The highest BCUT2D eigenvalue weighted by Gasteiger charge is 2.17. The monoisotopic (exact) mass is 300 g/mol. The lowest BCUT2D eigenvalue weighted by Crippen LogP contribution is -2.00. The summed E-state index contributed by atoms with van der Waals surface area (Å²) in [6.45, 7) is 0.728. The number of hydrogen-bond acceptors (Lipinski definition) is 2. The third kappa shape index (κ3) is 3.27. The molecule has 0 saturated heterocycles. The molecule has 1 aliphatic rings. The highest BCUT2D eigenvalue weighted by atomic mass is 35.5. The van der Waals surface area contributed by atoms with Gasteiger partial charge in [-0.2, -0.15) is 0 Å². The zero-order valence-electron chi connectivity index (χ0n) is 11.8. The van der Waals surface area contributed by atoms with Crippen molar-refractivity contribution in [2.24, 2.45) is 0 Å². The summed E-state index contributed by atoms with van der Waals surface area (Å²) in [6.07, 6.45) is 3.10. The molecule has 0 radical (unpaired) electrons. The SMILES string of the molecule is O=C(CCCc1cc(Cl)cc2c1OCC2)c1ccccc1. The molecule has 2 aromatic carbocycles. The largest absolute Gasteiger partial charge is 0.493 e. The molecule has 2 nitrogen and oxygen atoms in total. The lowest BCUT2D eigenvalue weighted by Gasteiger charge is -2.08. The van der Waals surface area contributed by atoms with E-state index in [-0.39, 0.29) is 5.78 Å². The van der Waals surface area contributed by atoms with Crippen molar-refractivity contribution in [3.05, 3.63) is 64.2 Å². The van der Waals surface area contributed by atoms with Crippen molar-refractivity contribution >= 4 is 17.4 Å². The van der Waals surface area contributed by atoms with E-state index >= 15 is 0 Å². The average molecular weight is 301 g/mol. The van der Waals surface area contributed by atoms with Gasteiger partial charge in [0.15, 0.2) is 5.78 Å². The molecule has 1 heterocycles. The minimum absolute atomic E-state index is 0.190. The fourth-order valence-corrected chi connectivity index (χ4v) is 3.00. The van der Waals surface area contributed by atoms with Gasteiger partial charge in [0.25, 0.3) is 0 Å². The standard InChI is InChI=1S/C18H17ClO2/c19-16-11-14(18-15(12-16)9-10-21-18)7-4-8-17(20)13-5-2-1-3-6-13/h1-3,5-6,11-12H,4,7-10H2. The second-order valence-electron chi connectivity index (χ2n) is 5.29. The first-order valence-corrected chi connectivity index (χ1v) is 7.64. The summed E-state index contributed by atoms with van der Waals surface area (Å²) >= 11 is 6.14. The molecule has 0 spiro atoms. The molecule has 0 amide bonds. The van der Waals surface area contributed by atoms with Crippen molar-refractivity contribution in [3.8, 4) is 5.75 Å². The number of rotatable bonds is 5. The summed E-state index contributed by atoms with van der Waals surface area (Å²) in [6, 6.07) is 13.4. The molecule has 2 aromatic rings. The Morgan fingerprint density at radius 1 is 1.19 bits per heavy atom. The van der Waals surface area contributed by atoms with Crippen LogP contribution >= 0.6 is 11.6 Å². The second-order valence-corrected chi connectivity index (χ2v) is 5.73. The molecule has 3 rings (SSSR count). The molecule has 108 valence electrons. The minimum Gasteiger partial charge on any atom is -0.493 e. The first-order valence-electron chi connectivity index (χ1n) is 7.26. The average Bonchev–Trinajstić information content (AvgIpc) is 2.96. The van der Waals surface area contributed by atoms with E-state index in [2.05, 4.69) is 0 Å². The van der Waals surface area contributed by atoms with Crippen LogP contribution in [0.2, 0.25) is 5.02 Å². The quantitative estimate of drug-likeness (QED) is 0.761. The first kappa shape index (κ1) is 14.2. The smallest absolute Gasteiger partial charge is 0.162 e. The Bertz CT molecular complexity index is 650. The van der Waals surface area contributed by atoms with Gasteiger partial charge in [0, 0.05) is 23.4 Å². The highest BCUT2D eigenvalue weighted by molar-refractivity contribution is 6.30. The molecule has 0 saturated carbocycles. The van der Waals surface area contributed by atoms with Crippen molar-refractivity contribution in [3.63, 3.8) is 0 Å². The number of fused-ring (bicyclic) bond motifs is 1. The number of benzene rings is 2. The molecule has 0 atom stereocenters. The van der Waals surface area contributed by atoms with Gasteiger partial charge < -0.3 is 4.74 Å². The van der Waals surface area contributed by atoms with Crippen LogP contribution in [-0.2, 0) is 12.8 Å². The second kappa shape index (κ2) is 6.31. The minimum atomic E-state index is 0.190. The van der Waals surface area contributed by atoms with Crippen LogP contribution in [0.1, 0.15) is 34.3 Å². The van der Waals surface area contributed by atoms with Crippen LogP contribution < -0.4 is 4.74 Å². The van der Waals surface area contributed by atoms with E-state index < -0.39 is 0 Å². The lowest BCUT2D eigenvalue weighted by atomic mass is 10.0. The molecule has 1 aliphatic heterocycles. The van der Waals surface area contributed by atoms with Crippen LogP contribution in [0.3, 0.4) is 0 Å². The predicted molar refractivity (Wildman–Crippen MR) is 84.4 cm³/mol. The topological polar surface area (TPSA) is 26.3 Å². The Labute approximate surface area is 129 Å². The normalized spacial score (nSPS) is 12.8. The van der Waals surface area contributed by atoms with Crippen LogP contribution in [-0.4, -0.2) is 12.4 Å². The van der Waals surface area contributed by atoms with Gasteiger partial charge in [-0.25, -0.2) is 0 Å². The van der Waals surface area contributed by atoms with Gasteiger partial charge in [0.05, 0.1) is 6.61 Å². The van der Waals surface area contributed by atoms with Crippen molar-refractivity contribution in [2.75, 3.05) is 6.61 Å². The van der Waals surface area contributed by atoms with E-state index in [4.69, 9.17) is 16.3 Å². The van der Waals surface area contributed by atoms with Crippen molar-refractivity contribution in [1.29, 1.82) is 0 Å². The Morgan fingerprint density at radius 2 is 2.00 bits per heavy atom. The molecular weight excluding hydrogens is 284 g/mol. The molecule has 0 aromatic heterocycles. The Kier molecular flexibility index (Phi) is 4.26. The van der Waals surface area contributed by atoms with Gasteiger partial charge in [-0.05, 0) is 36.1 Å². The first-order chi connectivity index (χ1) is 10.2. The van der Waals surface area contributed by atoms with Crippen LogP contribution in [0.5, 0.6) is 5.75 Å². The summed E-state index contributed by atoms with van der Waals surface area (Å²) in [5.74, 6) is 1.17. The molecule has 0 bridgehead atoms. The van der Waals surface area contributed by atoms with E-state index in [0.29, 0.717) is 6.42 Å². The van der Waals surface area contributed by atoms with Crippen LogP contribution in [0.25, 0.3) is 0 Å². The van der Waals surface area contributed by atoms with Gasteiger partial charge in [-0.1, -0.05) is 41.9 Å². The lowest BCUT2D eigenvalue weighted by molar-refractivity contribution is 0.0980. The van der Waals surface area contributed by atoms with E-state index in [1.54, 1.807) is 0 Å². The maximum absolute atomic E-state index is 12.1. The zero-order chi connectivity index (χ0) is 14.7.